The van der Waals surface area contributed by atoms with Crippen LogP contribution in [0.1, 0.15) is 0 Å². The van der Waals surface area contributed by atoms with Gasteiger partial charge in [-0.1, -0.05) is 11.6 Å². The molecule has 0 fully saturated rings. The molecule has 0 amide bonds. The molecule has 3 rings (SSSR count). The predicted octanol–water partition coefficient (Wildman–Crippen LogP) is 1.75. The van der Waals surface area contributed by atoms with Crippen molar-refractivity contribution in [2.45, 2.75) is 0 Å². The topological polar surface area (TPSA) is 93.4 Å². The largest absolute Gasteiger partial charge is 0.506 e. The number of benzene rings is 1. The molecule has 1 aliphatic rings. The zero-order chi connectivity index (χ0) is 12.0. The minimum absolute atomic E-state index is 0.0890. The molecule has 1 aliphatic heterocycles. The molecule has 2 heterocycles. The van der Waals surface area contributed by atoms with Gasteiger partial charge in [-0.05, 0) is 0 Å². The van der Waals surface area contributed by atoms with E-state index in [1.54, 1.807) is 6.07 Å². The fourth-order valence-corrected chi connectivity index (χ4v) is 1.91. The average molecular weight is 254 g/mol. The summed E-state index contributed by atoms with van der Waals surface area (Å²) in [5.74, 6) is 1.12. The van der Waals surface area contributed by atoms with E-state index < -0.39 is 0 Å². The summed E-state index contributed by atoms with van der Waals surface area (Å²) in [6.07, 6.45) is 0. The molecule has 7 heteroatoms. The summed E-state index contributed by atoms with van der Waals surface area (Å²) in [6, 6.07) is 3.08. The summed E-state index contributed by atoms with van der Waals surface area (Å²) in [5.41, 5.74) is 6.44. The molecule has 0 bridgehead atoms. The van der Waals surface area contributed by atoms with Gasteiger partial charge >= 0.3 is 0 Å². The Morgan fingerprint density at radius 1 is 1.41 bits per heavy atom. The third-order valence-electron chi connectivity index (χ3n) is 2.46. The lowest BCUT2D eigenvalue weighted by molar-refractivity contribution is 0.174. The number of rotatable bonds is 1. The van der Waals surface area contributed by atoms with Crippen molar-refractivity contribution < 1.29 is 14.6 Å². The van der Waals surface area contributed by atoms with E-state index in [9.17, 15) is 5.11 Å². The third-order valence-corrected chi connectivity index (χ3v) is 2.74. The lowest BCUT2D eigenvalue weighted by Gasteiger charge is -2.07. The van der Waals surface area contributed by atoms with Crippen molar-refractivity contribution in [3.05, 3.63) is 17.2 Å². The first-order valence-corrected chi connectivity index (χ1v) is 5.17. The number of H-pyrrole nitrogens is 1. The van der Waals surface area contributed by atoms with Gasteiger partial charge in [0.2, 0.25) is 6.79 Å². The van der Waals surface area contributed by atoms with E-state index in [-0.39, 0.29) is 17.6 Å². The van der Waals surface area contributed by atoms with Crippen molar-refractivity contribution in [3.8, 4) is 28.5 Å². The normalized spacial score (nSPS) is 13.0. The monoisotopic (exact) mass is 253 g/mol. The van der Waals surface area contributed by atoms with Gasteiger partial charge in [-0.2, -0.15) is 5.10 Å². The lowest BCUT2D eigenvalue weighted by Crippen LogP contribution is -1.93. The molecule has 1 aromatic carbocycles. The number of nitrogens with zero attached hydrogens (tertiary/aromatic N) is 1. The predicted molar refractivity (Wildman–Crippen MR) is 61.2 cm³/mol. The van der Waals surface area contributed by atoms with Crippen LogP contribution in [-0.4, -0.2) is 22.1 Å². The highest BCUT2D eigenvalue weighted by Crippen LogP contribution is 2.49. The van der Waals surface area contributed by atoms with Crippen molar-refractivity contribution in [2.24, 2.45) is 0 Å². The van der Waals surface area contributed by atoms with E-state index in [4.69, 9.17) is 26.8 Å². The van der Waals surface area contributed by atoms with Gasteiger partial charge in [0.1, 0.15) is 11.6 Å². The van der Waals surface area contributed by atoms with Crippen LogP contribution in [0.25, 0.3) is 11.3 Å². The van der Waals surface area contributed by atoms with Gasteiger partial charge in [0.25, 0.3) is 0 Å². The molecule has 0 spiro atoms. The maximum atomic E-state index is 9.97. The fourth-order valence-electron chi connectivity index (χ4n) is 1.72. The second-order valence-electron chi connectivity index (χ2n) is 3.52. The summed E-state index contributed by atoms with van der Waals surface area (Å²) in [6.45, 7) is 0.0890. The first-order chi connectivity index (χ1) is 8.16. The first-order valence-electron chi connectivity index (χ1n) is 4.79. The number of hydrogen-bond acceptors (Lipinski definition) is 5. The third kappa shape index (κ3) is 1.45. The summed E-state index contributed by atoms with van der Waals surface area (Å²) < 4.78 is 10.5. The smallest absolute Gasteiger partial charge is 0.231 e. The van der Waals surface area contributed by atoms with Crippen LogP contribution in [0.4, 0.5) is 5.82 Å². The summed E-state index contributed by atoms with van der Waals surface area (Å²) in [7, 11) is 0. The van der Waals surface area contributed by atoms with Crippen LogP contribution in [0.15, 0.2) is 12.1 Å². The molecule has 0 saturated heterocycles. The Morgan fingerprint density at radius 2 is 2.24 bits per heavy atom. The number of aromatic amines is 1. The average Bonchev–Trinajstić information content (AvgIpc) is 2.89. The van der Waals surface area contributed by atoms with E-state index in [0.717, 1.165) is 0 Å². The van der Waals surface area contributed by atoms with E-state index in [0.29, 0.717) is 28.6 Å². The minimum atomic E-state index is -0.0976. The van der Waals surface area contributed by atoms with Crippen LogP contribution >= 0.6 is 11.6 Å². The highest BCUT2D eigenvalue weighted by molar-refractivity contribution is 6.32. The van der Waals surface area contributed by atoms with E-state index in [1.165, 1.54) is 6.07 Å². The van der Waals surface area contributed by atoms with Gasteiger partial charge in [0.05, 0.1) is 16.3 Å². The lowest BCUT2D eigenvalue weighted by atomic mass is 10.1. The summed E-state index contributed by atoms with van der Waals surface area (Å²) in [5, 5.41) is 16.6. The van der Waals surface area contributed by atoms with Gasteiger partial charge in [-0.3, -0.25) is 5.10 Å². The van der Waals surface area contributed by atoms with E-state index >= 15 is 0 Å². The number of phenolic OH excluding ortho intramolecular Hbond substituents is 1. The molecule has 0 radical (unpaired) electrons. The maximum absolute atomic E-state index is 9.97. The molecular weight excluding hydrogens is 246 g/mol. The fraction of sp³-hybridized carbons (Fsp3) is 0.100. The SMILES string of the molecule is Nc1cc(-c2c(O)c(Cl)cc3c2OCO3)[nH]n1. The number of anilines is 1. The standard InChI is InChI=1S/C10H8ClN3O3/c11-4-1-6-10(17-3-16-6)8(9(4)15)5-2-7(12)14-13-5/h1-2,15H,3H2,(H3,12,13,14). The number of aromatic hydroxyl groups is 1. The Kier molecular flexibility index (Phi) is 2.05. The van der Waals surface area contributed by atoms with Crippen molar-refractivity contribution in [1.29, 1.82) is 0 Å². The van der Waals surface area contributed by atoms with Gasteiger partial charge in [-0.25, -0.2) is 0 Å². The van der Waals surface area contributed by atoms with Gasteiger partial charge in [-0.15, -0.1) is 0 Å². The number of nitrogens with two attached hydrogens (primary N) is 1. The van der Waals surface area contributed by atoms with Crippen LogP contribution in [0.3, 0.4) is 0 Å². The quantitative estimate of drug-likeness (QED) is 0.720. The Balaban J connectivity index is 2.28. The van der Waals surface area contributed by atoms with Gasteiger partial charge < -0.3 is 20.3 Å². The number of fused-ring (bicyclic) bond motifs is 1. The van der Waals surface area contributed by atoms with Crippen molar-refractivity contribution in [3.63, 3.8) is 0 Å². The molecule has 17 heavy (non-hydrogen) atoms. The van der Waals surface area contributed by atoms with E-state index in [1.807, 2.05) is 0 Å². The molecule has 6 nitrogen and oxygen atoms in total. The Morgan fingerprint density at radius 3 is 2.94 bits per heavy atom. The zero-order valence-corrected chi connectivity index (χ0v) is 9.28. The molecule has 2 aromatic rings. The second kappa shape index (κ2) is 3.46. The number of hydrogen-bond donors (Lipinski definition) is 3. The highest BCUT2D eigenvalue weighted by Gasteiger charge is 2.25. The number of halogens is 1. The van der Waals surface area contributed by atoms with Gasteiger partial charge in [0.15, 0.2) is 11.5 Å². The molecular formula is C10H8ClN3O3. The first kappa shape index (κ1) is 10.1. The van der Waals surface area contributed by atoms with Crippen LogP contribution < -0.4 is 15.2 Å². The van der Waals surface area contributed by atoms with Crippen molar-refractivity contribution in [2.75, 3.05) is 12.5 Å². The molecule has 0 unspecified atom stereocenters. The number of ether oxygens (including phenoxy) is 2. The molecule has 0 aliphatic carbocycles. The van der Waals surface area contributed by atoms with Crippen LogP contribution in [0.2, 0.25) is 5.02 Å². The maximum Gasteiger partial charge on any atom is 0.231 e. The van der Waals surface area contributed by atoms with Crippen LogP contribution in [-0.2, 0) is 0 Å². The number of nitrogens with one attached hydrogen (secondary N) is 1. The highest BCUT2D eigenvalue weighted by atomic mass is 35.5. The molecule has 88 valence electrons. The second-order valence-corrected chi connectivity index (χ2v) is 3.93. The van der Waals surface area contributed by atoms with Crippen molar-refractivity contribution >= 4 is 17.4 Å². The van der Waals surface area contributed by atoms with Crippen LogP contribution in [0, 0.1) is 0 Å². The number of nitrogen functional groups attached to an aromatic ring is 1. The molecule has 1 aromatic heterocycles. The number of phenols is 1. The molecule has 0 saturated carbocycles. The minimum Gasteiger partial charge on any atom is -0.506 e. The summed E-state index contributed by atoms with van der Waals surface area (Å²) in [4.78, 5) is 0. The Hall–Kier alpha value is -2.08. The molecule has 4 N–H and O–H groups in total. The Labute approximate surface area is 101 Å². The van der Waals surface area contributed by atoms with Crippen LogP contribution in [0.5, 0.6) is 17.2 Å². The summed E-state index contributed by atoms with van der Waals surface area (Å²) >= 11 is 5.90. The van der Waals surface area contributed by atoms with Crippen molar-refractivity contribution in [1.82, 2.24) is 10.2 Å². The Bertz CT molecular complexity index is 597. The van der Waals surface area contributed by atoms with Gasteiger partial charge in [0, 0.05) is 12.1 Å². The van der Waals surface area contributed by atoms with E-state index in [2.05, 4.69) is 10.2 Å². The molecule has 0 atom stereocenters. The zero-order valence-electron chi connectivity index (χ0n) is 8.53. The number of aromatic nitrogens is 2.